The molecule has 1 aliphatic rings. The molecule has 1 aliphatic carbocycles. The molecule has 1 aromatic carbocycles. The van der Waals surface area contributed by atoms with Crippen molar-refractivity contribution >= 4 is 21.2 Å². The molecule has 1 heterocycles. The number of rotatable bonds is 3. The molecule has 0 saturated heterocycles. The second kappa shape index (κ2) is 6.62. The van der Waals surface area contributed by atoms with Gasteiger partial charge in [0.2, 0.25) is 9.84 Å². The molecule has 0 saturated carbocycles. The van der Waals surface area contributed by atoms with Gasteiger partial charge in [-0.05, 0) is 12.5 Å². The van der Waals surface area contributed by atoms with Crippen molar-refractivity contribution in [1.29, 1.82) is 0 Å². The van der Waals surface area contributed by atoms with Crippen molar-refractivity contribution in [2.24, 2.45) is 0 Å². The summed E-state index contributed by atoms with van der Waals surface area (Å²) in [6, 6.07) is 3.83. The summed E-state index contributed by atoms with van der Waals surface area (Å²) >= 11 is 0. The van der Waals surface area contributed by atoms with Gasteiger partial charge in [-0.2, -0.15) is 8.78 Å². The number of hydrogen-bond donors (Lipinski definition) is 1. The summed E-state index contributed by atoms with van der Waals surface area (Å²) in [6.07, 6.45) is -3.01. The fraction of sp³-hybridized carbons (Fsp3) is 0.294. The molecule has 1 atom stereocenters. The lowest BCUT2D eigenvalue weighted by Crippen LogP contribution is -2.33. The number of alkyl halides is 4. The van der Waals surface area contributed by atoms with Crippen molar-refractivity contribution in [3.05, 3.63) is 58.5 Å². The fourth-order valence-electron chi connectivity index (χ4n) is 3.12. The van der Waals surface area contributed by atoms with Gasteiger partial charge in [-0.3, -0.25) is 9.69 Å². The number of fused-ring (bicyclic) bond motifs is 1. The summed E-state index contributed by atoms with van der Waals surface area (Å²) in [5.74, 6) is -7.54. The quantitative estimate of drug-likeness (QED) is 0.606. The van der Waals surface area contributed by atoms with Gasteiger partial charge in [0.15, 0.2) is 11.4 Å². The molecule has 0 unspecified atom stereocenters. The number of sulfone groups is 1. The molecule has 1 N–H and O–H groups in total. The third-order valence-corrected chi connectivity index (χ3v) is 5.91. The normalized spacial score (nSPS) is 18.4. The first-order valence-corrected chi connectivity index (χ1v) is 9.30. The van der Waals surface area contributed by atoms with E-state index in [1.54, 1.807) is 0 Å². The first-order valence-electron chi connectivity index (χ1n) is 7.76. The van der Waals surface area contributed by atoms with Gasteiger partial charge in [-0.25, -0.2) is 17.2 Å². The van der Waals surface area contributed by atoms with E-state index in [0.29, 0.717) is 0 Å². The summed E-state index contributed by atoms with van der Waals surface area (Å²) in [4.78, 5) is 5.25. The van der Waals surface area contributed by atoms with Crippen molar-refractivity contribution in [3.63, 3.8) is 0 Å². The Balaban J connectivity index is 2.32. The molecular weight excluding hydrogens is 402 g/mol. The van der Waals surface area contributed by atoms with Crippen LogP contribution in [0.15, 0.2) is 29.3 Å². The van der Waals surface area contributed by atoms with Crippen molar-refractivity contribution in [3.8, 4) is 5.69 Å². The fourth-order valence-corrected chi connectivity index (χ4v) is 4.10. The molecule has 3 rings (SSSR count). The lowest BCUT2D eigenvalue weighted by atomic mass is 9.91. The smallest absolute Gasteiger partial charge is 0.341 e. The third-order valence-electron chi connectivity index (χ3n) is 4.50. The zero-order valence-electron chi connectivity index (χ0n) is 13.9. The minimum atomic E-state index is -5.27. The Kier molecular flexibility index (Phi) is 4.69. The SMILES string of the molecule is [C-]#[N+]c1ccc(-n2cc(S(=O)(=O)C(F)F)c3c2CCC(F)(F)[C@H]3O)cc1[N+]#[C-]. The average Bonchev–Trinajstić information content (AvgIpc) is 3.05. The summed E-state index contributed by atoms with van der Waals surface area (Å²) < 4.78 is 79.2. The molecule has 0 bridgehead atoms. The summed E-state index contributed by atoms with van der Waals surface area (Å²) in [5, 5.41) is 10.00. The zero-order chi connectivity index (χ0) is 20.9. The Morgan fingerprint density at radius 1 is 1.21 bits per heavy atom. The Bertz CT molecular complexity index is 1140. The maximum Gasteiger partial charge on any atom is 0.341 e. The van der Waals surface area contributed by atoms with Crippen LogP contribution in [0.4, 0.5) is 28.9 Å². The number of aliphatic hydroxyl groups is 1. The molecule has 0 radical (unpaired) electrons. The minimum Gasteiger partial charge on any atom is -0.382 e. The molecule has 0 fully saturated rings. The van der Waals surface area contributed by atoms with Gasteiger partial charge in [0.25, 0.3) is 5.92 Å². The average molecular weight is 413 g/mol. The summed E-state index contributed by atoms with van der Waals surface area (Å²) in [5.41, 5.74) is -0.760. The second-order valence-corrected chi connectivity index (χ2v) is 7.98. The molecule has 146 valence electrons. The van der Waals surface area contributed by atoms with Crippen LogP contribution in [-0.4, -0.2) is 29.8 Å². The predicted octanol–water partition coefficient (Wildman–Crippen LogP) is 4.19. The number of nitrogens with zero attached hydrogens (tertiary/aromatic N) is 3. The first kappa shape index (κ1) is 19.9. The monoisotopic (exact) mass is 413 g/mol. The van der Waals surface area contributed by atoms with Crippen LogP contribution < -0.4 is 0 Å². The molecule has 28 heavy (non-hydrogen) atoms. The number of aliphatic hydroxyl groups excluding tert-OH is 1. The molecular formula is C17H11F4N3O3S. The second-order valence-electron chi connectivity index (χ2n) is 6.09. The van der Waals surface area contributed by atoms with Crippen molar-refractivity contribution in [1.82, 2.24) is 4.57 Å². The van der Waals surface area contributed by atoms with Gasteiger partial charge in [-0.1, -0.05) is 12.1 Å². The van der Waals surface area contributed by atoms with E-state index in [2.05, 4.69) is 9.69 Å². The van der Waals surface area contributed by atoms with Crippen LogP contribution in [0.3, 0.4) is 0 Å². The summed E-state index contributed by atoms with van der Waals surface area (Å²) in [7, 11) is -5.27. The highest BCUT2D eigenvalue weighted by molar-refractivity contribution is 7.91. The van der Waals surface area contributed by atoms with E-state index < -0.39 is 44.5 Å². The lowest BCUT2D eigenvalue weighted by molar-refractivity contribution is -0.123. The Labute approximate surface area is 157 Å². The molecule has 0 amide bonds. The van der Waals surface area contributed by atoms with Crippen LogP contribution in [-0.2, 0) is 16.3 Å². The van der Waals surface area contributed by atoms with Gasteiger partial charge in [0, 0.05) is 29.6 Å². The van der Waals surface area contributed by atoms with Gasteiger partial charge in [0.1, 0.15) is 6.10 Å². The topological polar surface area (TPSA) is 68.0 Å². The van der Waals surface area contributed by atoms with Crippen molar-refractivity contribution in [2.75, 3.05) is 0 Å². The molecule has 0 aliphatic heterocycles. The number of halogens is 4. The van der Waals surface area contributed by atoms with Crippen LogP contribution in [0.1, 0.15) is 23.8 Å². The largest absolute Gasteiger partial charge is 0.382 e. The van der Waals surface area contributed by atoms with Crippen LogP contribution in [0.2, 0.25) is 0 Å². The number of aromatic nitrogens is 1. The Hall–Kier alpha value is -2.89. The predicted molar refractivity (Wildman–Crippen MR) is 89.7 cm³/mol. The lowest BCUT2D eigenvalue weighted by Gasteiger charge is -2.29. The van der Waals surface area contributed by atoms with E-state index in [1.165, 1.54) is 18.2 Å². The van der Waals surface area contributed by atoms with E-state index in [9.17, 15) is 31.1 Å². The highest BCUT2D eigenvalue weighted by Gasteiger charge is 2.48. The maximum absolute atomic E-state index is 14.0. The van der Waals surface area contributed by atoms with Crippen LogP contribution in [0.5, 0.6) is 0 Å². The van der Waals surface area contributed by atoms with E-state index >= 15 is 0 Å². The summed E-state index contributed by atoms with van der Waals surface area (Å²) in [6.45, 7) is 14.1. The maximum atomic E-state index is 14.0. The van der Waals surface area contributed by atoms with Gasteiger partial charge in [-0.15, -0.1) is 0 Å². The van der Waals surface area contributed by atoms with E-state index in [4.69, 9.17) is 13.1 Å². The van der Waals surface area contributed by atoms with E-state index in [0.717, 1.165) is 10.8 Å². The molecule has 1 aromatic heterocycles. The molecule has 11 heteroatoms. The highest BCUT2D eigenvalue weighted by Crippen LogP contribution is 2.46. The molecule has 0 spiro atoms. The standard InChI is InChI=1S/C17H11F4N3O3S/c1-22-10-4-3-9(7-11(10)23-2)24-8-13(28(26,27)16(18)19)14-12(24)5-6-17(20,21)15(14)25/h3-4,7-8,15-16,25H,5-6H2/t15-/m0/s1. The molecule has 2 aromatic rings. The zero-order valence-corrected chi connectivity index (χ0v) is 14.7. The third kappa shape index (κ3) is 2.93. The van der Waals surface area contributed by atoms with E-state index in [1.807, 2.05) is 0 Å². The number of hydrogen-bond acceptors (Lipinski definition) is 3. The first-order chi connectivity index (χ1) is 13.0. The van der Waals surface area contributed by atoms with Crippen molar-refractivity contribution in [2.45, 2.75) is 35.5 Å². The minimum absolute atomic E-state index is 0.0202. The highest BCUT2D eigenvalue weighted by atomic mass is 32.2. The Morgan fingerprint density at radius 2 is 1.86 bits per heavy atom. The Morgan fingerprint density at radius 3 is 2.43 bits per heavy atom. The van der Waals surface area contributed by atoms with Crippen molar-refractivity contribution < 1.29 is 31.1 Å². The van der Waals surface area contributed by atoms with Crippen LogP contribution in [0, 0.1) is 13.1 Å². The van der Waals surface area contributed by atoms with Gasteiger partial charge < -0.3 is 9.67 Å². The van der Waals surface area contributed by atoms with Gasteiger partial charge >= 0.3 is 5.76 Å². The van der Waals surface area contributed by atoms with Crippen LogP contribution in [0.25, 0.3) is 15.4 Å². The van der Waals surface area contributed by atoms with Gasteiger partial charge in [0.05, 0.1) is 18.0 Å². The molecule has 6 nitrogen and oxygen atoms in total. The van der Waals surface area contributed by atoms with E-state index in [-0.39, 0.29) is 29.2 Å². The van der Waals surface area contributed by atoms with Crippen LogP contribution >= 0.6 is 0 Å². The number of benzene rings is 1.